The van der Waals surface area contributed by atoms with Crippen molar-refractivity contribution in [2.45, 2.75) is 31.6 Å². The standard InChI is InChI=1S/C15H16N2O2S/c16-15-17-13(14(20-15)9-3-1-2-4-9)10-5-6-11-12(7-10)19-8-18-11/h5-7,9H,1-4,8H2,(H2,16,17). The van der Waals surface area contributed by atoms with Crippen molar-refractivity contribution in [2.75, 3.05) is 12.5 Å². The quantitative estimate of drug-likeness (QED) is 0.913. The van der Waals surface area contributed by atoms with Crippen LogP contribution in [0.3, 0.4) is 0 Å². The fourth-order valence-corrected chi connectivity index (χ4v) is 4.09. The van der Waals surface area contributed by atoms with Crippen molar-refractivity contribution in [3.8, 4) is 22.8 Å². The zero-order chi connectivity index (χ0) is 13.5. The molecule has 1 aromatic carbocycles. The number of hydrogen-bond donors (Lipinski definition) is 1. The lowest BCUT2D eigenvalue weighted by Gasteiger charge is -2.09. The third-order valence-electron chi connectivity index (χ3n) is 4.04. The van der Waals surface area contributed by atoms with Gasteiger partial charge in [0.05, 0.1) is 5.69 Å². The summed E-state index contributed by atoms with van der Waals surface area (Å²) in [5.41, 5.74) is 8.05. The highest BCUT2D eigenvalue weighted by molar-refractivity contribution is 7.15. The number of rotatable bonds is 2. The van der Waals surface area contributed by atoms with E-state index in [4.69, 9.17) is 15.2 Å². The van der Waals surface area contributed by atoms with Crippen LogP contribution >= 0.6 is 11.3 Å². The molecule has 0 amide bonds. The maximum Gasteiger partial charge on any atom is 0.231 e. The van der Waals surface area contributed by atoms with E-state index < -0.39 is 0 Å². The molecule has 0 unspecified atom stereocenters. The number of thiazole rings is 1. The lowest BCUT2D eigenvalue weighted by atomic mass is 10.0. The summed E-state index contributed by atoms with van der Waals surface area (Å²) in [7, 11) is 0. The van der Waals surface area contributed by atoms with Gasteiger partial charge in [0.2, 0.25) is 6.79 Å². The Morgan fingerprint density at radius 3 is 2.80 bits per heavy atom. The van der Waals surface area contributed by atoms with Crippen LogP contribution in [0, 0.1) is 0 Å². The number of ether oxygens (including phenoxy) is 2. The second-order valence-corrected chi connectivity index (χ2v) is 6.38. The summed E-state index contributed by atoms with van der Waals surface area (Å²) in [6.45, 7) is 0.299. The smallest absolute Gasteiger partial charge is 0.231 e. The van der Waals surface area contributed by atoms with Gasteiger partial charge in [-0.3, -0.25) is 0 Å². The molecule has 20 heavy (non-hydrogen) atoms. The summed E-state index contributed by atoms with van der Waals surface area (Å²) in [5, 5.41) is 0.652. The first-order valence-electron chi connectivity index (χ1n) is 6.97. The number of aromatic nitrogens is 1. The predicted octanol–water partition coefficient (Wildman–Crippen LogP) is 3.78. The predicted molar refractivity (Wildman–Crippen MR) is 79.3 cm³/mol. The van der Waals surface area contributed by atoms with E-state index in [-0.39, 0.29) is 0 Å². The molecule has 1 aliphatic heterocycles. The summed E-state index contributed by atoms with van der Waals surface area (Å²) >= 11 is 1.63. The van der Waals surface area contributed by atoms with E-state index >= 15 is 0 Å². The van der Waals surface area contributed by atoms with Gasteiger partial charge in [-0.1, -0.05) is 12.8 Å². The van der Waals surface area contributed by atoms with Crippen LogP contribution in [-0.4, -0.2) is 11.8 Å². The summed E-state index contributed by atoms with van der Waals surface area (Å²) in [4.78, 5) is 5.88. The van der Waals surface area contributed by atoms with Gasteiger partial charge in [0, 0.05) is 10.4 Å². The molecule has 104 valence electrons. The summed E-state index contributed by atoms with van der Waals surface area (Å²) in [6, 6.07) is 6.00. The van der Waals surface area contributed by atoms with E-state index in [0.29, 0.717) is 17.8 Å². The highest BCUT2D eigenvalue weighted by Crippen LogP contribution is 2.44. The molecule has 2 aliphatic rings. The SMILES string of the molecule is Nc1nc(-c2ccc3c(c2)OCO3)c(C2CCCC2)s1. The Balaban J connectivity index is 1.77. The average Bonchev–Trinajstić information content (AvgIpc) is 3.17. The molecule has 2 heterocycles. The van der Waals surface area contributed by atoms with Gasteiger partial charge in [0.1, 0.15) is 0 Å². The maximum atomic E-state index is 5.95. The van der Waals surface area contributed by atoms with Gasteiger partial charge in [0.25, 0.3) is 0 Å². The largest absolute Gasteiger partial charge is 0.454 e. The molecule has 2 N–H and O–H groups in total. The Hall–Kier alpha value is -1.75. The molecule has 5 heteroatoms. The van der Waals surface area contributed by atoms with Gasteiger partial charge < -0.3 is 15.2 Å². The molecule has 1 aliphatic carbocycles. The van der Waals surface area contributed by atoms with Crippen LogP contribution in [0.15, 0.2) is 18.2 Å². The number of hydrogen-bond acceptors (Lipinski definition) is 5. The number of benzene rings is 1. The van der Waals surface area contributed by atoms with Crippen molar-refractivity contribution in [2.24, 2.45) is 0 Å². The lowest BCUT2D eigenvalue weighted by molar-refractivity contribution is 0.174. The monoisotopic (exact) mass is 288 g/mol. The first-order chi connectivity index (χ1) is 9.81. The molecule has 0 radical (unpaired) electrons. The lowest BCUT2D eigenvalue weighted by Crippen LogP contribution is -1.93. The Morgan fingerprint density at radius 1 is 1.15 bits per heavy atom. The molecule has 4 rings (SSSR count). The second kappa shape index (κ2) is 4.66. The topological polar surface area (TPSA) is 57.4 Å². The number of nitrogens with zero attached hydrogens (tertiary/aromatic N) is 1. The first kappa shape index (κ1) is 12.0. The van der Waals surface area contributed by atoms with Crippen LogP contribution in [-0.2, 0) is 0 Å². The Labute approximate surface area is 121 Å². The Morgan fingerprint density at radius 2 is 1.95 bits per heavy atom. The first-order valence-corrected chi connectivity index (χ1v) is 7.79. The number of nitrogen functional groups attached to an aromatic ring is 1. The molecule has 1 saturated carbocycles. The summed E-state index contributed by atoms with van der Waals surface area (Å²) < 4.78 is 10.8. The zero-order valence-electron chi connectivity index (χ0n) is 11.1. The van der Waals surface area contributed by atoms with Crippen molar-refractivity contribution in [1.29, 1.82) is 0 Å². The molecular formula is C15H16N2O2S. The van der Waals surface area contributed by atoms with Crippen molar-refractivity contribution < 1.29 is 9.47 Å². The molecule has 1 aromatic heterocycles. The maximum absolute atomic E-state index is 5.95. The highest BCUT2D eigenvalue weighted by Gasteiger charge is 2.25. The fourth-order valence-electron chi connectivity index (χ4n) is 3.06. The average molecular weight is 288 g/mol. The Bertz CT molecular complexity index is 647. The molecule has 0 atom stereocenters. The second-order valence-electron chi connectivity index (χ2n) is 5.31. The summed E-state index contributed by atoms with van der Waals surface area (Å²) in [6.07, 6.45) is 5.12. The van der Waals surface area contributed by atoms with E-state index in [1.807, 2.05) is 18.2 Å². The third-order valence-corrected chi connectivity index (χ3v) is 5.09. The molecule has 0 bridgehead atoms. The van der Waals surface area contributed by atoms with Gasteiger partial charge in [-0.2, -0.15) is 0 Å². The molecule has 4 nitrogen and oxygen atoms in total. The molecule has 0 saturated heterocycles. The minimum atomic E-state index is 0.299. The Kier molecular flexibility index (Phi) is 2.80. The normalized spacial score (nSPS) is 17.8. The van der Waals surface area contributed by atoms with E-state index in [2.05, 4.69) is 4.98 Å². The summed E-state index contributed by atoms with van der Waals surface area (Å²) in [5.74, 6) is 2.22. The third kappa shape index (κ3) is 1.93. The minimum Gasteiger partial charge on any atom is -0.454 e. The van der Waals surface area contributed by atoms with Gasteiger partial charge >= 0.3 is 0 Å². The van der Waals surface area contributed by atoms with Gasteiger partial charge in [0.15, 0.2) is 16.6 Å². The van der Waals surface area contributed by atoms with E-state index in [9.17, 15) is 0 Å². The van der Waals surface area contributed by atoms with Crippen molar-refractivity contribution in [1.82, 2.24) is 4.98 Å². The molecule has 2 aromatic rings. The van der Waals surface area contributed by atoms with E-state index in [0.717, 1.165) is 22.8 Å². The molecular weight excluding hydrogens is 272 g/mol. The van der Waals surface area contributed by atoms with E-state index in [1.165, 1.54) is 30.6 Å². The van der Waals surface area contributed by atoms with Crippen LogP contribution in [0.1, 0.15) is 36.5 Å². The minimum absolute atomic E-state index is 0.299. The number of anilines is 1. The zero-order valence-corrected chi connectivity index (χ0v) is 11.9. The van der Waals surface area contributed by atoms with Crippen LogP contribution in [0.5, 0.6) is 11.5 Å². The molecule has 0 spiro atoms. The number of fused-ring (bicyclic) bond motifs is 1. The molecule has 1 fully saturated rings. The van der Waals surface area contributed by atoms with Crippen LogP contribution in [0.2, 0.25) is 0 Å². The van der Waals surface area contributed by atoms with Crippen molar-refractivity contribution in [3.63, 3.8) is 0 Å². The van der Waals surface area contributed by atoms with Crippen LogP contribution in [0.25, 0.3) is 11.3 Å². The number of nitrogens with two attached hydrogens (primary N) is 1. The van der Waals surface area contributed by atoms with Crippen molar-refractivity contribution >= 4 is 16.5 Å². The highest BCUT2D eigenvalue weighted by atomic mass is 32.1. The van der Waals surface area contributed by atoms with E-state index in [1.54, 1.807) is 11.3 Å². The fraction of sp³-hybridized carbons (Fsp3) is 0.400. The van der Waals surface area contributed by atoms with Gasteiger partial charge in [-0.05, 0) is 37.0 Å². The van der Waals surface area contributed by atoms with Crippen LogP contribution < -0.4 is 15.2 Å². The van der Waals surface area contributed by atoms with Crippen molar-refractivity contribution in [3.05, 3.63) is 23.1 Å². The van der Waals surface area contributed by atoms with Gasteiger partial charge in [-0.25, -0.2) is 4.98 Å². The van der Waals surface area contributed by atoms with Crippen LogP contribution in [0.4, 0.5) is 5.13 Å². The van der Waals surface area contributed by atoms with Gasteiger partial charge in [-0.15, -0.1) is 11.3 Å².